The molecule has 0 aliphatic heterocycles. The molecular formula is C9H20N2. The lowest BCUT2D eigenvalue weighted by atomic mass is 10.5. The highest BCUT2D eigenvalue weighted by Gasteiger charge is 1.83. The van der Waals surface area contributed by atoms with Crippen LogP contribution in [0.4, 0.5) is 0 Å². The van der Waals surface area contributed by atoms with Gasteiger partial charge in [-0.25, -0.2) is 4.98 Å². The van der Waals surface area contributed by atoms with E-state index in [4.69, 9.17) is 0 Å². The lowest BCUT2D eigenvalue weighted by molar-refractivity contribution is 0.873. The Morgan fingerprint density at radius 1 is 1.18 bits per heavy atom. The van der Waals surface area contributed by atoms with Crippen LogP contribution in [0.25, 0.3) is 0 Å². The molecule has 0 fully saturated rings. The molecule has 0 radical (unpaired) electrons. The van der Waals surface area contributed by atoms with Gasteiger partial charge in [-0.3, -0.25) is 0 Å². The van der Waals surface area contributed by atoms with Crippen LogP contribution in [0.15, 0.2) is 12.5 Å². The van der Waals surface area contributed by atoms with Gasteiger partial charge >= 0.3 is 0 Å². The fourth-order valence-electron chi connectivity index (χ4n) is 0.423. The van der Waals surface area contributed by atoms with E-state index in [9.17, 15) is 0 Å². The summed E-state index contributed by atoms with van der Waals surface area (Å²) in [6.45, 7) is 10.0. The number of hydrogen-bond donors (Lipinski definition) is 0. The third-order valence-electron chi connectivity index (χ3n) is 1.06. The van der Waals surface area contributed by atoms with E-state index < -0.39 is 0 Å². The Labute approximate surface area is 70.3 Å². The number of hydrogen-bond acceptors (Lipinski definition) is 1. The van der Waals surface area contributed by atoms with Gasteiger partial charge in [0.25, 0.3) is 0 Å². The molecular weight excluding hydrogens is 136 g/mol. The van der Waals surface area contributed by atoms with Crippen LogP contribution in [0.3, 0.4) is 0 Å². The molecule has 1 aromatic rings. The standard InChI is InChI=1S/C5H8N2.2C2H6/c1-5-3-6-4-7(5)2;2*1-2/h3-4H,1-2H3;2*1-2H3. The van der Waals surface area contributed by atoms with Crippen molar-refractivity contribution in [3.63, 3.8) is 0 Å². The smallest absolute Gasteiger partial charge is 0.0945 e. The largest absolute Gasteiger partial charge is 0.338 e. The highest BCUT2D eigenvalue weighted by atomic mass is 15.0. The van der Waals surface area contributed by atoms with Crippen LogP contribution in [0.1, 0.15) is 33.4 Å². The Hall–Kier alpha value is -0.790. The van der Waals surface area contributed by atoms with Gasteiger partial charge in [0, 0.05) is 18.9 Å². The van der Waals surface area contributed by atoms with Gasteiger partial charge in [-0.15, -0.1) is 0 Å². The fraction of sp³-hybridized carbons (Fsp3) is 0.667. The van der Waals surface area contributed by atoms with Gasteiger partial charge in [-0.1, -0.05) is 27.7 Å². The lowest BCUT2D eigenvalue weighted by Crippen LogP contribution is -1.84. The summed E-state index contributed by atoms with van der Waals surface area (Å²) in [5.74, 6) is 0. The summed E-state index contributed by atoms with van der Waals surface area (Å²) in [6, 6.07) is 0. The average molecular weight is 156 g/mol. The second-order valence-electron chi connectivity index (χ2n) is 1.65. The molecule has 0 saturated carbocycles. The van der Waals surface area contributed by atoms with Crippen LogP contribution in [-0.2, 0) is 7.05 Å². The number of aryl methyl sites for hydroxylation is 2. The Morgan fingerprint density at radius 2 is 1.64 bits per heavy atom. The average Bonchev–Trinajstić information content (AvgIpc) is 2.44. The fourth-order valence-corrected chi connectivity index (χ4v) is 0.423. The van der Waals surface area contributed by atoms with E-state index in [1.807, 2.05) is 52.4 Å². The summed E-state index contributed by atoms with van der Waals surface area (Å²) in [6.07, 6.45) is 3.62. The zero-order chi connectivity index (χ0) is 9.28. The molecule has 1 heterocycles. The van der Waals surface area contributed by atoms with Crippen molar-refractivity contribution in [2.75, 3.05) is 0 Å². The molecule has 0 aliphatic carbocycles. The molecule has 0 aliphatic rings. The van der Waals surface area contributed by atoms with E-state index in [2.05, 4.69) is 4.98 Å². The van der Waals surface area contributed by atoms with Crippen LogP contribution >= 0.6 is 0 Å². The predicted molar refractivity (Wildman–Crippen MR) is 50.6 cm³/mol. The van der Waals surface area contributed by atoms with Crippen molar-refractivity contribution in [1.29, 1.82) is 0 Å². The van der Waals surface area contributed by atoms with Gasteiger partial charge in [0.2, 0.25) is 0 Å². The van der Waals surface area contributed by atoms with E-state index in [0.717, 1.165) is 0 Å². The van der Waals surface area contributed by atoms with Crippen molar-refractivity contribution in [3.05, 3.63) is 18.2 Å². The van der Waals surface area contributed by atoms with Crippen LogP contribution in [-0.4, -0.2) is 9.55 Å². The number of rotatable bonds is 0. The quantitative estimate of drug-likeness (QED) is 0.564. The number of nitrogens with zero attached hydrogens (tertiary/aromatic N) is 2. The van der Waals surface area contributed by atoms with Crippen LogP contribution in [0.2, 0.25) is 0 Å². The molecule has 2 heteroatoms. The van der Waals surface area contributed by atoms with E-state index in [0.29, 0.717) is 0 Å². The van der Waals surface area contributed by atoms with Crippen molar-refractivity contribution >= 4 is 0 Å². The van der Waals surface area contributed by atoms with Crippen molar-refractivity contribution < 1.29 is 0 Å². The molecule has 2 nitrogen and oxygen atoms in total. The van der Waals surface area contributed by atoms with E-state index in [1.165, 1.54) is 5.69 Å². The summed E-state index contributed by atoms with van der Waals surface area (Å²) in [5, 5.41) is 0. The molecule has 1 aromatic heterocycles. The number of aromatic nitrogens is 2. The molecule has 0 amide bonds. The lowest BCUT2D eigenvalue weighted by Gasteiger charge is -1.87. The Kier molecular flexibility index (Phi) is 10.8. The molecule has 0 N–H and O–H groups in total. The van der Waals surface area contributed by atoms with Gasteiger partial charge < -0.3 is 4.57 Å². The molecule has 0 unspecified atom stereocenters. The second-order valence-corrected chi connectivity index (χ2v) is 1.65. The highest BCUT2D eigenvalue weighted by molar-refractivity contribution is 4.91. The first-order valence-electron chi connectivity index (χ1n) is 4.23. The molecule has 0 bridgehead atoms. The first-order valence-corrected chi connectivity index (χ1v) is 4.23. The Balaban J connectivity index is 0. The van der Waals surface area contributed by atoms with Crippen molar-refractivity contribution in [1.82, 2.24) is 9.55 Å². The zero-order valence-electron chi connectivity index (χ0n) is 8.55. The summed E-state index contributed by atoms with van der Waals surface area (Å²) in [5.41, 5.74) is 1.19. The van der Waals surface area contributed by atoms with Crippen molar-refractivity contribution in [3.8, 4) is 0 Å². The van der Waals surface area contributed by atoms with Gasteiger partial charge in [0.05, 0.1) is 6.33 Å². The van der Waals surface area contributed by atoms with E-state index in [-0.39, 0.29) is 0 Å². The van der Waals surface area contributed by atoms with Gasteiger partial charge in [-0.05, 0) is 6.92 Å². The summed E-state index contributed by atoms with van der Waals surface area (Å²) in [4.78, 5) is 3.88. The molecule has 1 rings (SSSR count). The van der Waals surface area contributed by atoms with E-state index in [1.54, 1.807) is 6.33 Å². The van der Waals surface area contributed by atoms with Crippen molar-refractivity contribution in [2.45, 2.75) is 34.6 Å². The predicted octanol–water partition coefficient (Wildman–Crippen LogP) is 2.78. The first kappa shape index (κ1) is 12.8. The van der Waals surface area contributed by atoms with E-state index >= 15 is 0 Å². The Morgan fingerprint density at radius 3 is 1.73 bits per heavy atom. The maximum atomic E-state index is 3.88. The van der Waals surface area contributed by atoms with Crippen LogP contribution < -0.4 is 0 Å². The minimum atomic E-state index is 1.19. The minimum Gasteiger partial charge on any atom is -0.338 e. The molecule has 66 valence electrons. The zero-order valence-corrected chi connectivity index (χ0v) is 8.55. The maximum absolute atomic E-state index is 3.88. The maximum Gasteiger partial charge on any atom is 0.0945 e. The highest BCUT2D eigenvalue weighted by Crippen LogP contribution is 1.88. The molecule has 0 atom stereocenters. The van der Waals surface area contributed by atoms with Crippen LogP contribution in [0.5, 0.6) is 0 Å². The summed E-state index contributed by atoms with van der Waals surface area (Å²) in [7, 11) is 1.97. The first-order chi connectivity index (χ1) is 5.30. The molecule has 0 aromatic carbocycles. The second kappa shape index (κ2) is 9.21. The minimum absolute atomic E-state index is 1.19. The van der Waals surface area contributed by atoms with Crippen molar-refractivity contribution in [2.24, 2.45) is 7.05 Å². The molecule has 0 spiro atoms. The van der Waals surface area contributed by atoms with Gasteiger partial charge in [0.15, 0.2) is 0 Å². The van der Waals surface area contributed by atoms with Gasteiger partial charge in [0.1, 0.15) is 0 Å². The molecule has 0 saturated heterocycles. The normalized spacial score (nSPS) is 7.09. The SMILES string of the molecule is CC.CC.Cc1cncn1C. The third kappa shape index (κ3) is 5.64. The number of imidazole rings is 1. The summed E-state index contributed by atoms with van der Waals surface area (Å²) < 4.78 is 1.97. The molecule has 11 heavy (non-hydrogen) atoms. The van der Waals surface area contributed by atoms with Gasteiger partial charge in [-0.2, -0.15) is 0 Å². The topological polar surface area (TPSA) is 17.8 Å². The monoisotopic (exact) mass is 156 g/mol. The van der Waals surface area contributed by atoms with Crippen LogP contribution in [0, 0.1) is 6.92 Å². The third-order valence-corrected chi connectivity index (χ3v) is 1.06. The summed E-state index contributed by atoms with van der Waals surface area (Å²) >= 11 is 0. The Bertz CT molecular complexity index is 140.